The summed E-state index contributed by atoms with van der Waals surface area (Å²) in [5.41, 5.74) is 1.69. The van der Waals surface area contributed by atoms with Crippen LogP contribution >= 0.6 is 11.6 Å². The molecule has 2 aromatic rings. The maximum Gasteiger partial charge on any atom is 0.258 e. The van der Waals surface area contributed by atoms with E-state index in [-0.39, 0.29) is 5.56 Å². The Labute approximate surface area is 163 Å². The Balaban J connectivity index is 1.80. The van der Waals surface area contributed by atoms with E-state index in [0.29, 0.717) is 22.1 Å². The lowest BCUT2D eigenvalue weighted by atomic mass is 10.1. The molecule has 3 rings (SSSR count). The van der Waals surface area contributed by atoms with E-state index in [2.05, 4.69) is 5.32 Å². The van der Waals surface area contributed by atoms with Crippen LogP contribution in [0.3, 0.4) is 0 Å². The maximum atomic E-state index is 14.6. The van der Waals surface area contributed by atoms with Gasteiger partial charge in [-0.3, -0.25) is 10.2 Å². The third-order valence-electron chi connectivity index (χ3n) is 4.60. The second-order valence-corrected chi connectivity index (χ2v) is 7.18. The molecule has 27 heavy (non-hydrogen) atoms. The Bertz CT molecular complexity index is 878. The monoisotopic (exact) mass is 388 g/mol. The molecular formula is C20H22ClFN4O. The molecule has 0 radical (unpaired) electrons. The Morgan fingerprint density at radius 2 is 1.89 bits per heavy atom. The topological polar surface area (TPSA) is 59.4 Å². The van der Waals surface area contributed by atoms with Crippen molar-refractivity contribution in [3.05, 3.63) is 58.4 Å². The fourth-order valence-corrected chi connectivity index (χ4v) is 3.31. The summed E-state index contributed by atoms with van der Waals surface area (Å²) in [5.74, 6) is -0.891. The molecule has 1 aliphatic rings. The minimum absolute atomic E-state index is 0.0624. The summed E-state index contributed by atoms with van der Waals surface area (Å²) >= 11 is 6.02. The van der Waals surface area contributed by atoms with Crippen LogP contribution in [0.2, 0.25) is 5.02 Å². The molecule has 7 heteroatoms. The highest BCUT2D eigenvalue weighted by molar-refractivity contribution is 6.31. The molecule has 0 aliphatic carbocycles. The van der Waals surface area contributed by atoms with Gasteiger partial charge in [0.25, 0.3) is 5.91 Å². The van der Waals surface area contributed by atoms with Crippen molar-refractivity contribution >= 4 is 34.7 Å². The number of nitrogens with one attached hydrogen (secondary N) is 2. The van der Waals surface area contributed by atoms with Crippen LogP contribution in [0.15, 0.2) is 36.4 Å². The number of hydrogen-bond donors (Lipinski definition) is 2. The van der Waals surface area contributed by atoms with E-state index in [4.69, 9.17) is 17.0 Å². The predicted molar refractivity (Wildman–Crippen MR) is 108 cm³/mol. The summed E-state index contributed by atoms with van der Waals surface area (Å²) in [6, 6.07) is 9.38. The number of hydrogen-bond acceptors (Lipinski definition) is 3. The summed E-state index contributed by atoms with van der Waals surface area (Å²) in [5, 5.41) is 11.5. The number of anilines is 2. The van der Waals surface area contributed by atoms with E-state index in [0.717, 1.165) is 31.6 Å². The fraction of sp³-hybridized carbons (Fsp3) is 0.300. The second kappa shape index (κ2) is 7.96. The molecule has 0 saturated carbocycles. The van der Waals surface area contributed by atoms with Crippen molar-refractivity contribution in [1.82, 2.24) is 4.90 Å². The Kier molecular flexibility index (Phi) is 5.65. The van der Waals surface area contributed by atoms with Crippen molar-refractivity contribution in [3.63, 3.8) is 0 Å². The molecule has 0 spiro atoms. The molecule has 5 nitrogen and oxygen atoms in total. The first kappa shape index (κ1) is 19.2. The minimum atomic E-state index is -0.644. The van der Waals surface area contributed by atoms with Crippen molar-refractivity contribution in [3.8, 4) is 0 Å². The Morgan fingerprint density at radius 3 is 2.52 bits per heavy atom. The smallest absolute Gasteiger partial charge is 0.258 e. The third-order valence-corrected chi connectivity index (χ3v) is 4.83. The number of benzene rings is 2. The average molecular weight is 389 g/mol. The van der Waals surface area contributed by atoms with E-state index in [9.17, 15) is 9.18 Å². The van der Waals surface area contributed by atoms with E-state index >= 15 is 0 Å². The van der Waals surface area contributed by atoms with Gasteiger partial charge in [0.1, 0.15) is 11.7 Å². The summed E-state index contributed by atoms with van der Waals surface area (Å²) in [6.07, 6.45) is 2.08. The van der Waals surface area contributed by atoms with Gasteiger partial charge in [-0.2, -0.15) is 0 Å². The first-order valence-corrected chi connectivity index (χ1v) is 9.16. The normalized spacial score (nSPS) is 13.6. The van der Waals surface area contributed by atoms with E-state index in [1.165, 1.54) is 12.1 Å². The molecule has 1 heterocycles. The number of likely N-dealkylation sites (tertiary alicyclic amines) is 1. The maximum absolute atomic E-state index is 14.6. The molecule has 2 N–H and O–H groups in total. The lowest BCUT2D eigenvalue weighted by Crippen LogP contribution is -2.28. The first-order chi connectivity index (χ1) is 12.9. The van der Waals surface area contributed by atoms with Crippen LogP contribution in [0, 0.1) is 11.2 Å². The van der Waals surface area contributed by atoms with Crippen LogP contribution in [0.4, 0.5) is 15.8 Å². The van der Waals surface area contributed by atoms with Gasteiger partial charge in [-0.25, -0.2) is 4.39 Å². The first-order valence-electron chi connectivity index (χ1n) is 8.78. The molecule has 1 amide bonds. The average Bonchev–Trinajstić information content (AvgIpc) is 3.16. The summed E-state index contributed by atoms with van der Waals surface area (Å²) in [4.78, 5) is 16.3. The number of amidine groups is 1. The zero-order valence-corrected chi connectivity index (χ0v) is 16.1. The lowest BCUT2D eigenvalue weighted by molar-refractivity contribution is 0.102. The molecule has 142 valence electrons. The highest BCUT2D eigenvalue weighted by Crippen LogP contribution is 2.28. The van der Waals surface area contributed by atoms with Gasteiger partial charge in [0.2, 0.25) is 0 Å². The van der Waals surface area contributed by atoms with Crippen molar-refractivity contribution in [2.24, 2.45) is 0 Å². The number of nitrogens with zero attached hydrogens (tertiary/aromatic N) is 2. The Morgan fingerprint density at radius 1 is 1.19 bits per heavy atom. The van der Waals surface area contributed by atoms with Crippen molar-refractivity contribution < 1.29 is 9.18 Å². The standard InChI is InChI=1S/C20H22ClFN4O/c1-25(2)18-12-14(21)6-8-17(18)24-20(27)15-7-5-13(11-16(15)22)19(23)26-9-3-4-10-26/h5-8,11-12,23H,3-4,9-10H2,1-2H3,(H,24,27). The molecule has 0 unspecified atom stereocenters. The van der Waals surface area contributed by atoms with Gasteiger partial charge in [-0.1, -0.05) is 17.7 Å². The van der Waals surface area contributed by atoms with E-state index in [1.54, 1.807) is 24.3 Å². The highest BCUT2D eigenvalue weighted by atomic mass is 35.5. The van der Waals surface area contributed by atoms with E-state index < -0.39 is 11.7 Å². The molecule has 0 aromatic heterocycles. The van der Waals surface area contributed by atoms with E-state index in [1.807, 2.05) is 23.9 Å². The predicted octanol–water partition coefficient (Wildman–Crippen LogP) is 4.22. The molecule has 2 aromatic carbocycles. The SMILES string of the molecule is CN(C)c1cc(Cl)ccc1NC(=O)c1ccc(C(=N)N2CCCC2)cc1F. The molecule has 0 bridgehead atoms. The van der Waals surface area contributed by atoms with Crippen molar-refractivity contribution in [2.45, 2.75) is 12.8 Å². The summed E-state index contributed by atoms with van der Waals surface area (Å²) in [7, 11) is 3.67. The number of amides is 1. The second-order valence-electron chi connectivity index (χ2n) is 6.75. The van der Waals surface area contributed by atoms with Gasteiger partial charge in [-0.15, -0.1) is 0 Å². The molecule has 1 fully saturated rings. The number of carbonyl (C=O) groups excluding carboxylic acids is 1. The third kappa shape index (κ3) is 4.22. The summed E-state index contributed by atoms with van der Waals surface area (Å²) < 4.78 is 14.6. The van der Waals surface area contributed by atoms with Crippen LogP contribution in [0.1, 0.15) is 28.8 Å². The molecule has 0 atom stereocenters. The quantitative estimate of drug-likeness (QED) is 0.609. The van der Waals surface area contributed by atoms with Crippen LogP contribution in [0.5, 0.6) is 0 Å². The highest BCUT2D eigenvalue weighted by Gasteiger charge is 2.19. The van der Waals surface area contributed by atoms with Crippen LogP contribution in [0.25, 0.3) is 0 Å². The van der Waals surface area contributed by atoms with Crippen LogP contribution in [-0.4, -0.2) is 43.8 Å². The van der Waals surface area contributed by atoms with Gasteiger partial charge in [0.15, 0.2) is 0 Å². The van der Waals surface area contributed by atoms with Crippen LogP contribution < -0.4 is 10.2 Å². The van der Waals surface area contributed by atoms with Crippen LogP contribution in [-0.2, 0) is 0 Å². The van der Waals surface area contributed by atoms with Gasteiger partial charge < -0.3 is 15.1 Å². The zero-order valence-electron chi connectivity index (χ0n) is 15.4. The van der Waals surface area contributed by atoms with Gasteiger partial charge in [-0.05, 0) is 43.2 Å². The lowest BCUT2D eigenvalue weighted by Gasteiger charge is -2.19. The minimum Gasteiger partial charge on any atom is -0.376 e. The van der Waals surface area contributed by atoms with Gasteiger partial charge in [0, 0.05) is 37.8 Å². The number of carbonyl (C=O) groups is 1. The number of rotatable bonds is 4. The zero-order chi connectivity index (χ0) is 19.6. The number of halogens is 2. The molecular weight excluding hydrogens is 367 g/mol. The van der Waals surface area contributed by atoms with Crippen molar-refractivity contribution in [2.75, 3.05) is 37.4 Å². The van der Waals surface area contributed by atoms with Gasteiger partial charge >= 0.3 is 0 Å². The fourth-order valence-electron chi connectivity index (χ4n) is 3.14. The molecule has 1 saturated heterocycles. The largest absolute Gasteiger partial charge is 0.376 e. The van der Waals surface area contributed by atoms with Crippen molar-refractivity contribution in [1.29, 1.82) is 5.41 Å². The molecule has 1 aliphatic heterocycles. The Hall–Kier alpha value is -2.60. The summed E-state index contributed by atoms with van der Waals surface area (Å²) in [6.45, 7) is 1.62. The van der Waals surface area contributed by atoms with Gasteiger partial charge in [0.05, 0.1) is 16.9 Å².